The van der Waals surface area contributed by atoms with Crippen LogP contribution in [0.2, 0.25) is 5.02 Å². The molecule has 0 radical (unpaired) electrons. The fraction of sp³-hybridized carbons (Fsp3) is 0.294. The second-order valence-electron chi connectivity index (χ2n) is 4.51. The highest BCUT2D eigenvalue weighted by Crippen LogP contribution is 2.30. The molecule has 1 N–H and O–H groups in total. The Bertz CT molecular complexity index is 539. The molecule has 2 rings (SSSR count). The Labute approximate surface area is 125 Å². The minimum atomic E-state index is 0.111. The number of rotatable bonds is 6. The predicted octanol–water partition coefficient (Wildman–Crippen LogP) is 4.44. The van der Waals surface area contributed by atoms with Crippen molar-refractivity contribution in [3.8, 4) is 5.75 Å². The highest BCUT2D eigenvalue weighted by atomic mass is 35.5. The maximum atomic E-state index is 5.98. The molecule has 3 heteroatoms. The van der Waals surface area contributed by atoms with Crippen LogP contribution in [0, 0.1) is 0 Å². The first-order valence-electron chi connectivity index (χ1n) is 6.96. The topological polar surface area (TPSA) is 21.3 Å². The van der Waals surface area contributed by atoms with Gasteiger partial charge in [-0.1, -0.05) is 48.9 Å². The highest BCUT2D eigenvalue weighted by Gasteiger charge is 2.16. The Kier molecular flexibility index (Phi) is 5.45. The van der Waals surface area contributed by atoms with Crippen molar-refractivity contribution in [2.24, 2.45) is 0 Å². The van der Waals surface area contributed by atoms with E-state index in [1.807, 2.05) is 37.3 Å². The van der Waals surface area contributed by atoms with Crippen molar-refractivity contribution in [2.75, 3.05) is 13.2 Å². The SMILES string of the molecule is CCNC(c1ccc(Cl)cc1)c1ccccc1OCC. The number of hydrogen-bond donors (Lipinski definition) is 1. The number of nitrogens with one attached hydrogen (secondary N) is 1. The molecule has 2 aromatic carbocycles. The lowest BCUT2D eigenvalue weighted by Crippen LogP contribution is -2.22. The van der Waals surface area contributed by atoms with E-state index in [1.54, 1.807) is 0 Å². The largest absolute Gasteiger partial charge is 0.494 e. The third-order valence-electron chi connectivity index (χ3n) is 3.14. The molecule has 0 saturated heterocycles. The summed E-state index contributed by atoms with van der Waals surface area (Å²) in [6.07, 6.45) is 0. The summed E-state index contributed by atoms with van der Waals surface area (Å²) in [5.41, 5.74) is 2.34. The zero-order chi connectivity index (χ0) is 14.4. The Balaban J connectivity index is 2.40. The minimum Gasteiger partial charge on any atom is -0.494 e. The van der Waals surface area contributed by atoms with Crippen LogP contribution in [0.25, 0.3) is 0 Å². The molecule has 2 aromatic rings. The van der Waals surface area contributed by atoms with Gasteiger partial charge in [0.2, 0.25) is 0 Å². The van der Waals surface area contributed by atoms with Crippen LogP contribution in [0.1, 0.15) is 31.0 Å². The summed E-state index contributed by atoms with van der Waals surface area (Å²) in [4.78, 5) is 0. The standard InChI is InChI=1S/C17H20ClNO/c1-3-19-17(13-9-11-14(18)12-10-13)15-7-5-6-8-16(15)20-4-2/h5-12,17,19H,3-4H2,1-2H3. The van der Waals surface area contributed by atoms with E-state index in [-0.39, 0.29) is 6.04 Å². The van der Waals surface area contributed by atoms with E-state index in [4.69, 9.17) is 16.3 Å². The Morgan fingerprint density at radius 3 is 2.40 bits per heavy atom. The van der Waals surface area contributed by atoms with Crippen LogP contribution in [0.15, 0.2) is 48.5 Å². The normalized spacial score (nSPS) is 12.2. The molecule has 0 amide bonds. The van der Waals surface area contributed by atoms with Crippen LogP contribution in [0.5, 0.6) is 5.75 Å². The van der Waals surface area contributed by atoms with Gasteiger partial charge in [-0.3, -0.25) is 0 Å². The van der Waals surface area contributed by atoms with Gasteiger partial charge in [0, 0.05) is 10.6 Å². The minimum absolute atomic E-state index is 0.111. The number of para-hydroxylation sites is 1. The summed E-state index contributed by atoms with van der Waals surface area (Å²) in [5, 5.41) is 4.26. The van der Waals surface area contributed by atoms with E-state index in [2.05, 4.69) is 30.4 Å². The van der Waals surface area contributed by atoms with Crippen molar-refractivity contribution >= 4 is 11.6 Å². The number of halogens is 1. The van der Waals surface area contributed by atoms with Gasteiger partial charge in [0.15, 0.2) is 0 Å². The molecule has 1 unspecified atom stereocenters. The summed E-state index contributed by atoms with van der Waals surface area (Å²) >= 11 is 5.98. The van der Waals surface area contributed by atoms with E-state index in [0.717, 1.165) is 22.9 Å². The van der Waals surface area contributed by atoms with E-state index in [0.29, 0.717) is 6.61 Å². The van der Waals surface area contributed by atoms with Crippen molar-refractivity contribution in [1.29, 1.82) is 0 Å². The smallest absolute Gasteiger partial charge is 0.124 e. The monoisotopic (exact) mass is 289 g/mol. The van der Waals surface area contributed by atoms with Crippen LogP contribution in [0.3, 0.4) is 0 Å². The maximum Gasteiger partial charge on any atom is 0.124 e. The molecule has 0 spiro atoms. The van der Waals surface area contributed by atoms with Gasteiger partial charge in [-0.25, -0.2) is 0 Å². The lowest BCUT2D eigenvalue weighted by molar-refractivity contribution is 0.333. The first-order valence-corrected chi connectivity index (χ1v) is 7.34. The summed E-state index contributed by atoms with van der Waals surface area (Å²) in [5.74, 6) is 0.927. The lowest BCUT2D eigenvalue weighted by atomic mass is 9.98. The van der Waals surface area contributed by atoms with E-state index >= 15 is 0 Å². The van der Waals surface area contributed by atoms with Crippen molar-refractivity contribution < 1.29 is 4.74 Å². The molecule has 20 heavy (non-hydrogen) atoms. The van der Waals surface area contributed by atoms with Gasteiger partial charge in [-0.05, 0) is 37.2 Å². The van der Waals surface area contributed by atoms with Gasteiger partial charge in [0.05, 0.1) is 12.6 Å². The summed E-state index contributed by atoms with van der Waals surface area (Å²) in [6, 6.07) is 16.2. The molecule has 1 atom stereocenters. The van der Waals surface area contributed by atoms with Gasteiger partial charge in [0.25, 0.3) is 0 Å². The fourth-order valence-corrected chi connectivity index (χ4v) is 2.40. The summed E-state index contributed by atoms with van der Waals surface area (Å²) < 4.78 is 5.74. The van der Waals surface area contributed by atoms with Crippen LogP contribution in [0.4, 0.5) is 0 Å². The molecular weight excluding hydrogens is 270 g/mol. The van der Waals surface area contributed by atoms with Crippen molar-refractivity contribution in [3.63, 3.8) is 0 Å². The molecule has 0 bridgehead atoms. The lowest BCUT2D eigenvalue weighted by Gasteiger charge is -2.21. The maximum absolute atomic E-state index is 5.98. The molecule has 0 aliphatic heterocycles. The second-order valence-corrected chi connectivity index (χ2v) is 4.95. The number of hydrogen-bond acceptors (Lipinski definition) is 2. The van der Waals surface area contributed by atoms with Crippen molar-refractivity contribution in [2.45, 2.75) is 19.9 Å². The highest BCUT2D eigenvalue weighted by molar-refractivity contribution is 6.30. The first-order chi connectivity index (χ1) is 9.76. The molecule has 0 saturated carbocycles. The van der Waals surface area contributed by atoms with Crippen LogP contribution < -0.4 is 10.1 Å². The van der Waals surface area contributed by atoms with Gasteiger partial charge >= 0.3 is 0 Å². The first kappa shape index (κ1) is 14.9. The summed E-state index contributed by atoms with van der Waals surface area (Å²) in [6.45, 7) is 5.65. The Morgan fingerprint density at radius 2 is 1.75 bits per heavy atom. The molecule has 0 aliphatic carbocycles. The molecule has 0 fully saturated rings. The van der Waals surface area contributed by atoms with Crippen molar-refractivity contribution in [1.82, 2.24) is 5.32 Å². The van der Waals surface area contributed by atoms with Gasteiger partial charge in [0.1, 0.15) is 5.75 Å². The van der Waals surface area contributed by atoms with E-state index in [1.165, 1.54) is 5.56 Å². The quantitative estimate of drug-likeness (QED) is 0.849. The third kappa shape index (κ3) is 3.53. The number of ether oxygens (including phenoxy) is 1. The average Bonchev–Trinajstić information content (AvgIpc) is 2.47. The van der Waals surface area contributed by atoms with Gasteiger partial charge in [-0.15, -0.1) is 0 Å². The fourth-order valence-electron chi connectivity index (χ4n) is 2.27. The van der Waals surface area contributed by atoms with Gasteiger partial charge < -0.3 is 10.1 Å². The second kappa shape index (κ2) is 7.32. The zero-order valence-electron chi connectivity index (χ0n) is 11.9. The molecule has 0 aromatic heterocycles. The van der Waals surface area contributed by atoms with Crippen molar-refractivity contribution in [3.05, 3.63) is 64.7 Å². The van der Waals surface area contributed by atoms with Crippen LogP contribution in [-0.4, -0.2) is 13.2 Å². The van der Waals surface area contributed by atoms with Gasteiger partial charge in [-0.2, -0.15) is 0 Å². The molecule has 2 nitrogen and oxygen atoms in total. The average molecular weight is 290 g/mol. The molecule has 106 valence electrons. The molecule has 0 aliphatic rings. The molecule has 0 heterocycles. The predicted molar refractivity (Wildman–Crippen MR) is 84.6 cm³/mol. The third-order valence-corrected chi connectivity index (χ3v) is 3.39. The van der Waals surface area contributed by atoms with E-state index in [9.17, 15) is 0 Å². The number of benzene rings is 2. The van der Waals surface area contributed by atoms with Crippen LogP contribution in [-0.2, 0) is 0 Å². The zero-order valence-corrected chi connectivity index (χ0v) is 12.7. The molecular formula is C17H20ClNO. The Morgan fingerprint density at radius 1 is 1.05 bits per heavy atom. The summed E-state index contributed by atoms with van der Waals surface area (Å²) in [7, 11) is 0. The van der Waals surface area contributed by atoms with Crippen LogP contribution >= 0.6 is 11.6 Å². The van der Waals surface area contributed by atoms with E-state index < -0.39 is 0 Å². The Hall–Kier alpha value is -1.51.